The van der Waals surface area contributed by atoms with Crippen LogP contribution in [0.4, 0.5) is 5.69 Å². The fraction of sp³-hybridized carbons (Fsp3) is 0.600. The molecular weight excluding hydrogens is 224 g/mol. The average molecular weight is 248 g/mol. The van der Waals surface area contributed by atoms with Crippen molar-refractivity contribution in [3.05, 3.63) is 29.8 Å². The minimum Gasteiger partial charge on any atom is -0.390 e. The molecule has 0 aromatic heterocycles. The van der Waals surface area contributed by atoms with E-state index in [4.69, 9.17) is 5.73 Å². The molecule has 1 fully saturated rings. The van der Waals surface area contributed by atoms with Crippen molar-refractivity contribution < 1.29 is 5.11 Å². The molecule has 3 nitrogen and oxygen atoms in total. The second-order valence-corrected chi connectivity index (χ2v) is 5.59. The predicted octanol–water partition coefficient (Wildman–Crippen LogP) is 2.45. The van der Waals surface area contributed by atoms with E-state index in [1.54, 1.807) is 0 Å². The first-order valence-corrected chi connectivity index (χ1v) is 6.85. The number of anilines is 1. The fourth-order valence-corrected chi connectivity index (χ4v) is 2.41. The Bertz CT molecular complexity index is 376. The van der Waals surface area contributed by atoms with Crippen LogP contribution in [-0.2, 0) is 0 Å². The van der Waals surface area contributed by atoms with Gasteiger partial charge in [0.15, 0.2) is 0 Å². The largest absolute Gasteiger partial charge is 0.390 e. The van der Waals surface area contributed by atoms with Crippen molar-refractivity contribution in [2.75, 3.05) is 18.0 Å². The Morgan fingerprint density at radius 3 is 2.33 bits per heavy atom. The van der Waals surface area contributed by atoms with Crippen molar-refractivity contribution in [3.8, 4) is 0 Å². The first-order chi connectivity index (χ1) is 8.52. The van der Waals surface area contributed by atoms with Gasteiger partial charge in [0.1, 0.15) is 0 Å². The van der Waals surface area contributed by atoms with Crippen molar-refractivity contribution >= 4 is 5.69 Å². The minimum atomic E-state index is -0.485. The van der Waals surface area contributed by atoms with Crippen molar-refractivity contribution in [3.63, 3.8) is 0 Å². The third-order valence-electron chi connectivity index (χ3n) is 3.97. The molecule has 1 aromatic rings. The number of rotatable bonds is 3. The molecule has 0 spiro atoms. The number of piperidine rings is 1. The van der Waals surface area contributed by atoms with Crippen LogP contribution in [0.5, 0.6) is 0 Å². The smallest absolute Gasteiger partial charge is 0.0653 e. The average Bonchev–Trinajstić information content (AvgIpc) is 2.38. The van der Waals surface area contributed by atoms with Gasteiger partial charge in [-0.05, 0) is 43.9 Å². The van der Waals surface area contributed by atoms with Crippen LogP contribution in [0.2, 0.25) is 0 Å². The summed E-state index contributed by atoms with van der Waals surface area (Å²) in [6, 6.07) is 8.67. The quantitative estimate of drug-likeness (QED) is 0.864. The van der Waals surface area contributed by atoms with E-state index in [0.29, 0.717) is 0 Å². The SMILES string of the molecule is CC[C@@H](N)c1ccc(N2CCC(C)(O)CC2)cc1. The maximum Gasteiger partial charge on any atom is 0.0653 e. The van der Waals surface area contributed by atoms with Gasteiger partial charge in [-0.25, -0.2) is 0 Å². The molecule has 3 N–H and O–H groups in total. The molecule has 1 aliphatic heterocycles. The topological polar surface area (TPSA) is 49.5 Å². The summed E-state index contributed by atoms with van der Waals surface area (Å²) >= 11 is 0. The second kappa shape index (κ2) is 5.29. The number of nitrogens with two attached hydrogens (primary N) is 1. The van der Waals surface area contributed by atoms with Gasteiger partial charge in [0.25, 0.3) is 0 Å². The highest BCUT2D eigenvalue weighted by Crippen LogP contribution is 2.26. The Balaban J connectivity index is 2.02. The summed E-state index contributed by atoms with van der Waals surface area (Å²) in [6.07, 6.45) is 2.64. The summed E-state index contributed by atoms with van der Waals surface area (Å²) < 4.78 is 0. The maximum atomic E-state index is 9.94. The zero-order chi connectivity index (χ0) is 13.2. The summed E-state index contributed by atoms with van der Waals surface area (Å²) in [7, 11) is 0. The van der Waals surface area contributed by atoms with Gasteiger partial charge in [-0.3, -0.25) is 0 Å². The molecule has 100 valence electrons. The molecule has 0 saturated carbocycles. The zero-order valence-electron chi connectivity index (χ0n) is 11.4. The van der Waals surface area contributed by atoms with Crippen LogP contribution >= 0.6 is 0 Å². The zero-order valence-corrected chi connectivity index (χ0v) is 11.4. The van der Waals surface area contributed by atoms with Gasteiger partial charge in [0.05, 0.1) is 5.60 Å². The molecule has 1 heterocycles. The van der Waals surface area contributed by atoms with Crippen LogP contribution in [0.3, 0.4) is 0 Å². The van der Waals surface area contributed by atoms with Crippen LogP contribution in [0.15, 0.2) is 24.3 Å². The van der Waals surface area contributed by atoms with Gasteiger partial charge in [0, 0.05) is 24.8 Å². The molecule has 18 heavy (non-hydrogen) atoms. The number of hydrogen-bond donors (Lipinski definition) is 2. The lowest BCUT2D eigenvalue weighted by molar-refractivity contribution is 0.0351. The number of benzene rings is 1. The van der Waals surface area contributed by atoms with Gasteiger partial charge < -0.3 is 15.7 Å². The number of hydrogen-bond acceptors (Lipinski definition) is 3. The molecular formula is C15H24N2O. The van der Waals surface area contributed by atoms with E-state index in [0.717, 1.165) is 32.4 Å². The monoisotopic (exact) mass is 248 g/mol. The first-order valence-electron chi connectivity index (χ1n) is 6.85. The van der Waals surface area contributed by atoms with Crippen LogP contribution in [0.25, 0.3) is 0 Å². The summed E-state index contributed by atoms with van der Waals surface area (Å²) in [5.41, 5.74) is 7.96. The van der Waals surface area contributed by atoms with Gasteiger partial charge in [0.2, 0.25) is 0 Å². The first kappa shape index (κ1) is 13.4. The van der Waals surface area contributed by atoms with Crippen molar-refractivity contribution in [1.29, 1.82) is 0 Å². The van der Waals surface area contributed by atoms with E-state index >= 15 is 0 Å². The van der Waals surface area contributed by atoms with Gasteiger partial charge in [-0.1, -0.05) is 19.1 Å². The van der Waals surface area contributed by atoms with Crippen LogP contribution in [0, 0.1) is 0 Å². The van der Waals surface area contributed by atoms with E-state index in [9.17, 15) is 5.11 Å². The van der Waals surface area contributed by atoms with Crippen LogP contribution in [0.1, 0.15) is 44.7 Å². The van der Waals surface area contributed by atoms with E-state index in [1.165, 1.54) is 11.3 Å². The molecule has 1 aromatic carbocycles. The number of nitrogens with zero attached hydrogens (tertiary/aromatic N) is 1. The molecule has 1 saturated heterocycles. The van der Waals surface area contributed by atoms with Gasteiger partial charge in [-0.2, -0.15) is 0 Å². The van der Waals surface area contributed by atoms with E-state index < -0.39 is 5.60 Å². The molecule has 0 bridgehead atoms. The van der Waals surface area contributed by atoms with Crippen LogP contribution in [-0.4, -0.2) is 23.8 Å². The van der Waals surface area contributed by atoms with Crippen molar-refractivity contribution in [2.24, 2.45) is 5.73 Å². The Kier molecular flexibility index (Phi) is 3.93. The fourth-order valence-electron chi connectivity index (χ4n) is 2.41. The molecule has 1 aliphatic rings. The maximum absolute atomic E-state index is 9.94. The summed E-state index contributed by atoms with van der Waals surface area (Å²) in [4.78, 5) is 2.33. The lowest BCUT2D eigenvalue weighted by Crippen LogP contribution is -2.42. The number of aliphatic hydroxyl groups is 1. The molecule has 2 rings (SSSR count). The highest BCUT2D eigenvalue weighted by atomic mass is 16.3. The molecule has 0 radical (unpaired) electrons. The van der Waals surface area contributed by atoms with E-state index in [1.807, 2.05) is 6.92 Å². The summed E-state index contributed by atoms with van der Waals surface area (Å²) in [5, 5.41) is 9.94. The lowest BCUT2D eigenvalue weighted by Gasteiger charge is -2.37. The highest BCUT2D eigenvalue weighted by molar-refractivity contribution is 5.48. The second-order valence-electron chi connectivity index (χ2n) is 5.59. The Morgan fingerprint density at radius 2 is 1.83 bits per heavy atom. The van der Waals surface area contributed by atoms with Crippen molar-refractivity contribution in [1.82, 2.24) is 0 Å². The molecule has 0 unspecified atom stereocenters. The summed E-state index contributed by atoms with van der Waals surface area (Å²) in [6.45, 7) is 5.87. The highest BCUT2D eigenvalue weighted by Gasteiger charge is 2.27. The Hall–Kier alpha value is -1.06. The van der Waals surface area contributed by atoms with E-state index in [-0.39, 0.29) is 6.04 Å². The van der Waals surface area contributed by atoms with Crippen molar-refractivity contribution in [2.45, 2.75) is 44.8 Å². The molecule has 0 amide bonds. The molecule has 0 aliphatic carbocycles. The predicted molar refractivity (Wildman–Crippen MR) is 75.7 cm³/mol. The molecule has 3 heteroatoms. The third kappa shape index (κ3) is 3.03. The van der Waals surface area contributed by atoms with E-state index in [2.05, 4.69) is 36.1 Å². The Labute approximate surface area is 110 Å². The normalized spacial score (nSPS) is 20.8. The van der Waals surface area contributed by atoms with Gasteiger partial charge >= 0.3 is 0 Å². The Morgan fingerprint density at radius 1 is 1.28 bits per heavy atom. The van der Waals surface area contributed by atoms with Gasteiger partial charge in [-0.15, -0.1) is 0 Å². The lowest BCUT2D eigenvalue weighted by atomic mass is 9.93. The molecule has 1 atom stereocenters. The van der Waals surface area contributed by atoms with Crippen LogP contribution < -0.4 is 10.6 Å². The summed E-state index contributed by atoms with van der Waals surface area (Å²) in [5.74, 6) is 0. The minimum absolute atomic E-state index is 0.140. The standard InChI is InChI=1S/C15H24N2O/c1-3-14(16)12-4-6-13(7-5-12)17-10-8-15(2,18)9-11-17/h4-7,14,18H,3,8-11,16H2,1-2H3/t14-/m1/s1. The third-order valence-corrected chi connectivity index (χ3v) is 3.97.